The van der Waals surface area contributed by atoms with Crippen molar-refractivity contribution >= 4 is 33.0 Å². The summed E-state index contributed by atoms with van der Waals surface area (Å²) in [7, 11) is -0.384. The number of aliphatic hydroxyl groups excluding tert-OH is 1. The van der Waals surface area contributed by atoms with E-state index in [9.17, 15) is 9.90 Å². The molecule has 0 aliphatic rings. The van der Waals surface area contributed by atoms with Gasteiger partial charge in [0.2, 0.25) is 12.2 Å². The molecule has 23 heavy (non-hydrogen) atoms. The zero-order chi connectivity index (χ0) is 17.2. The lowest BCUT2D eigenvalue weighted by Crippen LogP contribution is -2.25. The van der Waals surface area contributed by atoms with Gasteiger partial charge >= 0.3 is 0 Å². The van der Waals surface area contributed by atoms with Gasteiger partial charge in [-0.1, -0.05) is 5.87 Å². The lowest BCUT2D eigenvalue weighted by molar-refractivity contribution is -0.207. The monoisotopic (exact) mass is 332 g/mol. The number of carbonyl (C=O) groups is 1. The normalized spacial score (nSPS) is 14.1. The summed E-state index contributed by atoms with van der Waals surface area (Å²) in [5.41, 5.74) is 0.489. The van der Waals surface area contributed by atoms with Gasteiger partial charge in [-0.05, 0) is 44.3 Å². The van der Waals surface area contributed by atoms with E-state index in [0.717, 1.165) is 0 Å². The van der Waals surface area contributed by atoms with Crippen molar-refractivity contribution in [1.29, 1.82) is 0 Å². The summed E-state index contributed by atoms with van der Waals surface area (Å²) in [6, 6.07) is 1.72. The van der Waals surface area contributed by atoms with Gasteiger partial charge in [0.1, 0.15) is 0 Å². The number of fused-ring (bicyclic) bond motifs is 1. The fraction of sp³-hybridized carbons (Fsp3) is 0.353. The largest absolute Gasteiger partial charge is 0.351 e. The first-order chi connectivity index (χ1) is 10.7. The first kappa shape index (κ1) is 17.4. The quantitative estimate of drug-likeness (QED) is 0.406. The van der Waals surface area contributed by atoms with Crippen LogP contribution in [0.5, 0.6) is 0 Å². The third kappa shape index (κ3) is 4.29. The number of nitrogens with zero attached hydrogens (tertiary/aromatic N) is 2. The van der Waals surface area contributed by atoms with Crippen molar-refractivity contribution in [3.8, 4) is 11.2 Å². The second kappa shape index (κ2) is 6.67. The average molecular weight is 332 g/mol. The minimum atomic E-state index is -1.22. The molecule has 0 amide bonds. The SMILES string of the molecule is C=S(C)C#CC(=O)c1cn(C(O)OC(C)(C)C)c2cnccc12. The van der Waals surface area contributed by atoms with Crippen LogP contribution in [0, 0.1) is 11.2 Å². The molecule has 2 heterocycles. The summed E-state index contributed by atoms with van der Waals surface area (Å²) in [5, 5.41) is 13.8. The zero-order valence-corrected chi connectivity index (χ0v) is 14.5. The van der Waals surface area contributed by atoms with E-state index in [2.05, 4.69) is 22.0 Å². The Bertz CT molecular complexity index is 822. The molecule has 122 valence electrons. The summed E-state index contributed by atoms with van der Waals surface area (Å²) in [6.07, 6.45) is 5.36. The molecule has 2 aromatic rings. The minimum absolute atomic E-state index is 0.314. The molecular weight excluding hydrogens is 312 g/mol. The van der Waals surface area contributed by atoms with E-state index in [1.165, 1.54) is 4.57 Å². The Kier molecular flexibility index (Phi) is 5.05. The fourth-order valence-corrected chi connectivity index (χ4v) is 2.30. The van der Waals surface area contributed by atoms with Gasteiger partial charge in [-0.15, -0.1) is 10.5 Å². The average Bonchev–Trinajstić information content (AvgIpc) is 2.82. The highest BCUT2D eigenvalue weighted by Gasteiger charge is 2.22. The number of ketones is 1. The van der Waals surface area contributed by atoms with Crippen LogP contribution >= 0.6 is 10.5 Å². The van der Waals surface area contributed by atoms with Crippen LogP contribution in [-0.4, -0.2) is 38.2 Å². The Morgan fingerprint density at radius 3 is 2.83 bits per heavy atom. The molecule has 0 bridgehead atoms. The molecule has 2 aromatic heterocycles. The van der Waals surface area contributed by atoms with Gasteiger partial charge in [0.25, 0.3) is 0 Å². The van der Waals surface area contributed by atoms with Crippen LogP contribution in [0.3, 0.4) is 0 Å². The molecule has 0 saturated heterocycles. The molecule has 6 heteroatoms. The molecular formula is C17H20N2O3S. The summed E-state index contributed by atoms with van der Waals surface area (Å²) in [5.74, 6) is 6.05. The molecule has 0 spiro atoms. The van der Waals surface area contributed by atoms with Gasteiger partial charge in [0.05, 0.1) is 22.9 Å². The molecule has 0 aromatic carbocycles. The second-order valence-electron chi connectivity index (χ2n) is 6.09. The Morgan fingerprint density at radius 1 is 1.52 bits per heavy atom. The lowest BCUT2D eigenvalue weighted by Gasteiger charge is -2.25. The maximum atomic E-state index is 12.3. The van der Waals surface area contributed by atoms with Crippen LogP contribution in [0.2, 0.25) is 0 Å². The molecule has 2 rings (SSSR count). The topological polar surface area (TPSA) is 64.4 Å². The Labute approximate surface area is 138 Å². The third-order valence-electron chi connectivity index (χ3n) is 2.92. The molecule has 0 aliphatic heterocycles. The van der Waals surface area contributed by atoms with Crippen LogP contribution < -0.4 is 0 Å². The first-order valence-electron chi connectivity index (χ1n) is 7.01. The number of hydrogen-bond donors (Lipinski definition) is 1. The van der Waals surface area contributed by atoms with Gasteiger partial charge in [0, 0.05) is 17.8 Å². The van der Waals surface area contributed by atoms with Gasteiger partial charge in [-0.25, -0.2) is 0 Å². The molecule has 5 nitrogen and oxygen atoms in total. The van der Waals surface area contributed by atoms with Crippen molar-refractivity contribution in [3.63, 3.8) is 0 Å². The lowest BCUT2D eigenvalue weighted by atomic mass is 10.1. The van der Waals surface area contributed by atoms with Crippen molar-refractivity contribution in [2.45, 2.75) is 32.8 Å². The van der Waals surface area contributed by atoms with E-state index < -0.39 is 12.0 Å². The fourth-order valence-electron chi connectivity index (χ4n) is 2.04. The van der Waals surface area contributed by atoms with E-state index in [1.54, 1.807) is 24.7 Å². The molecule has 2 unspecified atom stereocenters. The van der Waals surface area contributed by atoms with Crippen molar-refractivity contribution in [1.82, 2.24) is 9.55 Å². The van der Waals surface area contributed by atoms with Gasteiger partial charge in [0.15, 0.2) is 0 Å². The number of hydrogen-bond acceptors (Lipinski definition) is 4. The number of aromatic nitrogens is 2. The summed E-state index contributed by atoms with van der Waals surface area (Å²) >= 11 is 0. The van der Waals surface area contributed by atoms with Crippen LogP contribution in [0.25, 0.3) is 10.9 Å². The number of pyridine rings is 1. The Morgan fingerprint density at radius 2 is 2.22 bits per heavy atom. The predicted octanol–water partition coefficient (Wildman–Crippen LogP) is 2.77. The van der Waals surface area contributed by atoms with Gasteiger partial charge < -0.3 is 9.84 Å². The highest BCUT2D eigenvalue weighted by Crippen LogP contribution is 2.26. The number of aliphatic hydroxyl groups is 1. The van der Waals surface area contributed by atoms with E-state index in [1.807, 2.05) is 27.0 Å². The maximum absolute atomic E-state index is 12.3. The Balaban J connectivity index is 2.51. The molecule has 0 radical (unpaired) electrons. The van der Waals surface area contributed by atoms with E-state index in [4.69, 9.17) is 4.74 Å². The molecule has 0 aliphatic carbocycles. The van der Waals surface area contributed by atoms with Crippen molar-refractivity contribution in [2.75, 3.05) is 6.26 Å². The summed E-state index contributed by atoms with van der Waals surface area (Å²) in [6.45, 7) is 5.52. The minimum Gasteiger partial charge on any atom is -0.351 e. The Hall–Kier alpha value is -1.94. The standard InChI is InChI=1S/C17H20N2O3S/c1-17(2,3)22-16(21)19-11-13(15(20)7-9-23(4)5)12-6-8-18-10-14(12)19/h6,8,10-11,16,21H,4H2,1-3,5H3. The van der Waals surface area contributed by atoms with Crippen molar-refractivity contribution in [3.05, 3.63) is 30.2 Å². The predicted molar refractivity (Wildman–Crippen MR) is 94.6 cm³/mol. The highest BCUT2D eigenvalue weighted by atomic mass is 32.2. The summed E-state index contributed by atoms with van der Waals surface area (Å²) < 4.78 is 7.04. The molecule has 0 fully saturated rings. The molecule has 1 N–H and O–H groups in total. The summed E-state index contributed by atoms with van der Waals surface area (Å²) in [4.78, 5) is 16.4. The van der Waals surface area contributed by atoms with Crippen LogP contribution in [0.4, 0.5) is 0 Å². The van der Waals surface area contributed by atoms with Crippen LogP contribution in [0.1, 0.15) is 37.5 Å². The van der Waals surface area contributed by atoms with E-state index >= 15 is 0 Å². The maximum Gasteiger partial charge on any atom is 0.242 e. The van der Waals surface area contributed by atoms with E-state index in [-0.39, 0.29) is 16.3 Å². The number of rotatable bonds is 3. The van der Waals surface area contributed by atoms with E-state index in [0.29, 0.717) is 16.5 Å². The molecule has 0 saturated carbocycles. The van der Waals surface area contributed by atoms with Crippen LogP contribution in [0.15, 0.2) is 24.7 Å². The van der Waals surface area contributed by atoms with Gasteiger partial charge in [-0.2, -0.15) is 0 Å². The second-order valence-corrected chi connectivity index (χ2v) is 7.57. The zero-order valence-electron chi connectivity index (χ0n) is 13.7. The van der Waals surface area contributed by atoms with Crippen molar-refractivity contribution in [2.24, 2.45) is 0 Å². The number of Topliss-reactive ketones (excluding diaryl/α,β-unsaturated/α-hetero) is 1. The highest BCUT2D eigenvalue weighted by molar-refractivity contribution is 8.17. The molecule has 2 atom stereocenters. The third-order valence-corrected chi connectivity index (χ3v) is 3.37. The first-order valence-corrected chi connectivity index (χ1v) is 8.81. The van der Waals surface area contributed by atoms with Gasteiger partial charge in [-0.3, -0.25) is 14.3 Å². The number of carbonyl (C=O) groups excluding carboxylic acids is 1. The number of ether oxygens (including phenoxy) is 1. The van der Waals surface area contributed by atoms with Crippen molar-refractivity contribution < 1.29 is 14.6 Å². The smallest absolute Gasteiger partial charge is 0.242 e. The van der Waals surface area contributed by atoms with Crippen LogP contribution in [-0.2, 0) is 4.74 Å².